The van der Waals surface area contributed by atoms with Crippen LogP contribution in [-0.4, -0.2) is 35.4 Å². The van der Waals surface area contributed by atoms with Crippen LogP contribution in [0.25, 0.3) is 0 Å². The molecule has 0 atom stereocenters. The Bertz CT molecular complexity index is 1020. The fourth-order valence-corrected chi connectivity index (χ4v) is 3.31. The summed E-state index contributed by atoms with van der Waals surface area (Å²) >= 11 is 0. The third kappa shape index (κ3) is 5.23. The summed E-state index contributed by atoms with van der Waals surface area (Å²) in [5, 5.41) is 5.71. The minimum absolute atomic E-state index is 0.168. The van der Waals surface area contributed by atoms with Crippen molar-refractivity contribution >= 4 is 29.1 Å². The van der Waals surface area contributed by atoms with E-state index >= 15 is 0 Å². The van der Waals surface area contributed by atoms with Crippen molar-refractivity contribution in [1.29, 1.82) is 0 Å². The second kappa shape index (κ2) is 8.06. The second-order valence-corrected chi connectivity index (χ2v) is 9.30. The van der Waals surface area contributed by atoms with Gasteiger partial charge in [0.05, 0.1) is 5.69 Å². The van der Waals surface area contributed by atoms with Crippen LogP contribution in [0.2, 0.25) is 0 Å². The minimum atomic E-state index is -1.12. The predicted molar refractivity (Wildman–Crippen MR) is 121 cm³/mol. The van der Waals surface area contributed by atoms with Crippen molar-refractivity contribution < 1.29 is 19.1 Å². The summed E-state index contributed by atoms with van der Waals surface area (Å²) in [6.45, 7) is 10.7. The van der Waals surface area contributed by atoms with Crippen LogP contribution in [0.15, 0.2) is 42.5 Å². The zero-order chi connectivity index (χ0) is 23.0. The number of rotatable bonds is 4. The van der Waals surface area contributed by atoms with Gasteiger partial charge in [-0.3, -0.25) is 19.3 Å². The fourth-order valence-electron chi connectivity index (χ4n) is 3.31. The number of hydrogen-bond donors (Lipinski definition) is 2. The number of amides is 3. The van der Waals surface area contributed by atoms with Gasteiger partial charge in [-0.05, 0) is 71.9 Å². The Labute approximate surface area is 182 Å². The average Bonchev–Trinajstić information content (AvgIpc) is 2.65. The zero-order valence-electron chi connectivity index (χ0n) is 18.8. The van der Waals surface area contributed by atoms with Crippen molar-refractivity contribution in [2.75, 3.05) is 16.8 Å². The molecule has 1 aliphatic rings. The number of ether oxygens (including phenoxy) is 1. The van der Waals surface area contributed by atoms with Gasteiger partial charge in [0.15, 0.2) is 5.60 Å². The Balaban J connectivity index is 1.90. The number of carbonyl (C=O) groups excluding carboxylic acids is 3. The van der Waals surface area contributed by atoms with E-state index in [9.17, 15) is 14.4 Å². The number of nitrogens with one attached hydrogen (secondary N) is 2. The lowest BCUT2D eigenvalue weighted by Crippen LogP contribution is -2.56. The topological polar surface area (TPSA) is 87.7 Å². The largest absolute Gasteiger partial charge is 0.476 e. The summed E-state index contributed by atoms with van der Waals surface area (Å²) in [5.74, 6) is -0.512. The molecule has 2 N–H and O–H groups in total. The molecule has 7 heteroatoms. The van der Waals surface area contributed by atoms with Gasteiger partial charge in [0.25, 0.3) is 11.8 Å². The van der Waals surface area contributed by atoms with Crippen LogP contribution in [0, 0.1) is 6.92 Å². The Kier molecular flexibility index (Phi) is 5.81. The molecule has 31 heavy (non-hydrogen) atoms. The van der Waals surface area contributed by atoms with Crippen molar-refractivity contribution in [2.45, 2.75) is 52.7 Å². The number of carbonyl (C=O) groups is 3. The summed E-state index contributed by atoms with van der Waals surface area (Å²) in [5.41, 5.74) is 0.959. The highest BCUT2D eigenvalue weighted by molar-refractivity contribution is 6.09. The van der Waals surface area contributed by atoms with Gasteiger partial charge >= 0.3 is 0 Å². The summed E-state index contributed by atoms with van der Waals surface area (Å²) in [6.07, 6.45) is 0. The van der Waals surface area contributed by atoms with Crippen molar-refractivity contribution in [3.8, 4) is 5.75 Å². The van der Waals surface area contributed by atoms with E-state index < -0.39 is 11.1 Å². The molecule has 0 saturated heterocycles. The van der Waals surface area contributed by atoms with Crippen molar-refractivity contribution in [3.63, 3.8) is 0 Å². The predicted octanol–water partition coefficient (Wildman–Crippen LogP) is 3.67. The molecule has 1 heterocycles. The molecular formula is C24H29N3O4. The van der Waals surface area contributed by atoms with E-state index in [2.05, 4.69) is 10.6 Å². The monoisotopic (exact) mass is 423 g/mol. The maximum absolute atomic E-state index is 13.0. The highest BCUT2D eigenvalue weighted by atomic mass is 16.5. The SMILES string of the molecule is Cc1ccc(NC(=O)c2ccc3c(c2)N(CC(=O)NC(C)(C)C)C(=O)C(C)(C)O3)cc1. The van der Waals surface area contributed by atoms with Crippen molar-refractivity contribution in [3.05, 3.63) is 53.6 Å². The molecule has 0 fully saturated rings. The van der Waals surface area contributed by atoms with E-state index in [0.717, 1.165) is 5.56 Å². The van der Waals surface area contributed by atoms with Crippen molar-refractivity contribution in [2.24, 2.45) is 0 Å². The lowest BCUT2D eigenvalue weighted by molar-refractivity contribution is -0.134. The van der Waals surface area contributed by atoms with Gasteiger partial charge in [-0.1, -0.05) is 17.7 Å². The lowest BCUT2D eigenvalue weighted by Gasteiger charge is -2.39. The summed E-state index contributed by atoms with van der Waals surface area (Å²) in [4.78, 5) is 39.7. The van der Waals surface area contributed by atoms with Crippen LogP contribution in [0.5, 0.6) is 5.75 Å². The zero-order valence-corrected chi connectivity index (χ0v) is 18.8. The van der Waals surface area contributed by atoms with E-state index in [-0.39, 0.29) is 24.3 Å². The molecule has 2 aromatic carbocycles. The number of anilines is 2. The van der Waals surface area contributed by atoms with Gasteiger partial charge < -0.3 is 15.4 Å². The Hall–Kier alpha value is -3.35. The standard InChI is InChI=1S/C24H29N3O4/c1-15-7-10-17(11-8-15)25-21(29)16-9-12-19-18(13-16)27(22(30)24(5,6)31-19)14-20(28)26-23(2,3)4/h7-13H,14H2,1-6H3,(H,25,29)(H,26,28). The highest BCUT2D eigenvalue weighted by Crippen LogP contribution is 2.38. The summed E-state index contributed by atoms with van der Waals surface area (Å²) in [7, 11) is 0. The van der Waals surface area contributed by atoms with Crippen LogP contribution in [0.1, 0.15) is 50.5 Å². The molecule has 0 saturated carbocycles. The van der Waals surface area contributed by atoms with Gasteiger partial charge in [0, 0.05) is 16.8 Å². The van der Waals surface area contributed by atoms with Crippen LogP contribution < -0.4 is 20.3 Å². The Morgan fingerprint density at radius 2 is 1.71 bits per heavy atom. The Morgan fingerprint density at radius 3 is 2.32 bits per heavy atom. The van der Waals surface area contributed by atoms with Gasteiger partial charge in [0.1, 0.15) is 12.3 Å². The maximum Gasteiger partial charge on any atom is 0.271 e. The number of fused-ring (bicyclic) bond motifs is 1. The number of aryl methyl sites for hydroxylation is 1. The smallest absolute Gasteiger partial charge is 0.271 e. The average molecular weight is 424 g/mol. The summed E-state index contributed by atoms with van der Waals surface area (Å²) in [6, 6.07) is 12.3. The minimum Gasteiger partial charge on any atom is -0.476 e. The van der Waals surface area contributed by atoms with E-state index in [1.807, 2.05) is 52.0 Å². The van der Waals surface area contributed by atoms with Crippen LogP contribution >= 0.6 is 0 Å². The van der Waals surface area contributed by atoms with E-state index in [4.69, 9.17) is 4.74 Å². The first-order valence-corrected chi connectivity index (χ1v) is 10.2. The maximum atomic E-state index is 13.0. The first kappa shape index (κ1) is 22.3. The summed E-state index contributed by atoms with van der Waals surface area (Å²) < 4.78 is 5.86. The van der Waals surface area contributed by atoms with Crippen molar-refractivity contribution in [1.82, 2.24) is 5.32 Å². The van der Waals surface area contributed by atoms with Crippen LogP contribution in [0.3, 0.4) is 0 Å². The Morgan fingerprint density at radius 1 is 1.06 bits per heavy atom. The molecule has 1 aliphatic heterocycles. The van der Waals surface area contributed by atoms with Gasteiger partial charge in [-0.2, -0.15) is 0 Å². The third-order valence-electron chi connectivity index (χ3n) is 4.76. The lowest BCUT2D eigenvalue weighted by atomic mass is 10.0. The van der Waals surface area contributed by atoms with Crippen LogP contribution in [0.4, 0.5) is 11.4 Å². The number of nitrogens with zero attached hydrogens (tertiary/aromatic N) is 1. The molecular weight excluding hydrogens is 394 g/mol. The van der Waals surface area contributed by atoms with E-state index in [0.29, 0.717) is 22.7 Å². The molecule has 7 nitrogen and oxygen atoms in total. The second-order valence-electron chi connectivity index (χ2n) is 9.30. The molecule has 2 aromatic rings. The van der Waals surface area contributed by atoms with Crippen LogP contribution in [-0.2, 0) is 9.59 Å². The quantitative estimate of drug-likeness (QED) is 0.786. The molecule has 3 amide bonds. The van der Waals surface area contributed by atoms with E-state index in [1.165, 1.54) is 4.90 Å². The highest BCUT2D eigenvalue weighted by Gasteiger charge is 2.42. The first-order chi connectivity index (χ1) is 14.4. The van der Waals surface area contributed by atoms with E-state index in [1.54, 1.807) is 32.0 Å². The van der Waals surface area contributed by atoms with Gasteiger partial charge in [-0.15, -0.1) is 0 Å². The molecule has 3 rings (SSSR count). The number of benzene rings is 2. The normalized spacial score (nSPS) is 15.0. The third-order valence-corrected chi connectivity index (χ3v) is 4.76. The number of hydrogen-bond acceptors (Lipinski definition) is 4. The molecule has 164 valence electrons. The molecule has 0 radical (unpaired) electrons. The fraction of sp³-hybridized carbons (Fsp3) is 0.375. The first-order valence-electron chi connectivity index (χ1n) is 10.2. The molecule has 0 aliphatic carbocycles. The van der Waals surface area contributed by atoms with Gasteiger partial charge in [-0.25, -0.2) is 0 Å². The molecule has 0 unspecified atom stereocenters. The molecule has 0 bridgehead atoms. The van der Waals surface area contributed by atoms with Gasteiger partial charge in [0.2, 0.25) is 5.91 Å². The molecule has 0 aromatic heterocycles. The molecule has 0 spiro atoms.